The molecule has 0 spiro atoms. The van der Waals surface area contributed by atoms with Crippen molar-refractivity contribution in [1.29, 1.82) is 0 Å². The molecule has 0 radical (unpaired) electrons. The summed E-state index contributed by atoms with van der Waals surface area (Å²) in [6, 6.07) is 10.7. The van der Waals surface area contributed by atoms with Gasteiger partial charge in [-0.25, -0.2) is 0 Å². The molecule has 2 amide bonds. The second kappa shape index (κ2) is 8.65. The number of amides is 2. The lowest BCUT2D eigenvalue weighted by Crippen LogP contribution is -2.23. The molecule has 1 aromatic heterocycles. The summed E-state index contributed by atoms with van der Waals surface area (Å²) in [6.45, 7) is 0.852. The topological polar surface area (TPSA) is 80.3 Å². The molecule has 1 heterocycles. The molecule has 0 saturated heterocycles. The molecule has 0 aliphatic heterocycles. The first-order chi connectivity index (χ1) is 11.2. The lowest BCUT2D eigenvalue weighted by molar-refractivity contribution is -0.122. The Kier molecular flexibility index (Phi) is 6.26. The summed E-state index contributed by atoms with van der Waals surface area (Å²) in [5.41, 5.74) is 2.14. The second-order valence-corrected chi connectivity index (χ2v) is 4.91. The smallest absolute Gasteiger partial charge is 0.257 e. The van der Waals surface area contributed by atoms with Crippen molar-refractivity contribution in [3.8, 4) is 0 Å². The fourth-order valence-electron chi connectivity index (χ4n) is 1.89. The lowest BCUT2D eigenvalue weighted by Gasteiger charge is -2.08. The fraction of sp³-hybridized carbons (Fsp3) is 0.235. The number of ether oxygens (including phenoxy) is 1. The Morgan fingerprint density at radius 3 is 2.61 bits per heavy atom. The quantitative estimate of drug-likeness (QED) is 0.819. The van der Waals surface area contributed by atoms with E-state index in [-0.39, 0.29) is 11.8 Å². The van der Waals surface area contributed by atoms with E-state index in [1.54, 1.807) is 37.6 Å². The first-order valence-electron chi connectivity index (χ1n) is 7.25. The Morgan fingerprint density at radius 2 is 1.96 bits per heavy atom. The van der Waals surface area contributed by atoms with Gasteiger partial charge in [0.15, 0.2) is 0 Å². The van der Waals surface area contributed by atoms with Crippen molar-refractivity contribution in [1.82, 2.24) is 10.3 Å². The Bertz CT molecular complexity index is 642. The number of anilines is 1. The summed E-state index contributed by atoms with van der Waals surface area (Å²) >= 11 is 0. The summed E-state index contributed by atoms with van der Waals surface area (Å²) in [7, 11) is 1.56. The SMILES string of the molecule is COCCC(=O)NCc1ccc(NC(=O)c2cccnc2)cc1. The summed E-state index contributed by atoms with van der Waals surface area (Å²) in [5, 5.41) is 5.60. The van der Waals surface area contributed by atoms with Crippen LogP contribution in [0.15, 0.2) is 48.8 Å². The van der Waals surface area contributed by atoms with Crippen LogP contribution in [0.3, 0.4) is 0 Å². The summed E-state index contributed by atoms with van der Waals surface area (Å²) in [4.78, 5) is 27.4. The Morgan fingerprint density at radius 1 is 1.17 bits per heavy atom. The van der Waals surface area contributed by atoms with Crippen molar-refractivity contribution >= 4 is 17.5 Å². The van der Waals surface area contributed by atoms with Crippen LogP contribution in [0.4, 0.5) is 5.69 Å². The van der Waals surface area contributed by atoms with Crippen LogP contribution < -0.4 is 10.6 Å². The van der Waals surface area contributed by atoms with E-state index in [1.165, 1.54) is 6.20 Å². The highest BCUT2D eigenvalue weighted by Crippen LogP contribution is 2.11. The van der Waals surface area contributed by atoms with E-state index >= 15 is 0 Å². The molecule has 1 aromatic carbocycles. The van der Waals surface area contributed by atoms with Crippen molar-refractivity contribution in [3.63, 3.8) is 0 Å². The number of aromatic nitrogens is 1. The Balaban J connectivity index is 1.85. The molecule has 0 aliphatic rings. The maximum atomic E-state index is 12.0. The third-order valence-corrected chi connectivity index (χ3v) is 3.16. The molecule has 6 nitrogen and oxygen atoms in total. The number of rotatable bonds is 7. The number of methoxy groups -OCH3 is 1. The highest BCUT2D eigenvalue weighted by atomic mass is 16.5. The van der Waals surface area contributed by atoms with Gasteiger partial charge in [0.25, 0.3) is 5.91 Å². The van der Waals surface area contributed by atoms with Crippen LogP contribution in [0.5, 0.6) is 0 Å². The van der Waals surface area contributed by atoms with Gasteiger partial charge >= 0.3 is 0 Å². The monoisotopic (exact) mass is 313 g/mol. The highest BCUT2D eigenvalue weighted by Gasteiger charge is 2.06. The molecule has 2 rings (SSSR count). The molecule has 0 aliphatic carbocycles. The Hall–Kier alpha value is -2.73. The largest absolute Gasteiger partial charge is 0.384 e. The van der Waals surface area contributed by atoms with Gasteiger partial charge in [0.1, 0.15) is 0 Å². The Labute approximate surface area is 134 Å². The van der Waals surface area contributed by atoms with Gasteiger partial charge in [-0.15, -0.1) is 0 Å². The summed E-state index contributed by atoms with van der Waals surface area (Å²) < 4.78 is 4.85. The van der Waals surface area contributed by atoms with E-state index in [0.717, 1.165) is 5.56 Å². The van der Waals surface area contributed by atoms with Gasteiger partial charge in [-0.3, -0.25) is 14.6 Å². The van der Waals surface area contributed by atoms with Gasteiger partial charge in [0.05, 0.1) is 12.2 Å². The van der Waals surface area contributed by atoms with Crippen LogP contribution in [0.2, 0.25) is 0 Å². The second-order valence-electron chi connectivity index (χ2n) is 4.91. The number of hydrogen-bond donors (Lipinski definition) is 2. The van der Waals surface area contributed by atoms with E-state index in [4.69, 9.17) is 4.74 Å². The lowest BCUT2D eigenvalue weighted by atomic mass is 10.2. The van der Waals surface area contributed by atoms with Gasteiger partial charge in [-0.2, -0.15) is 0 Å². The van der Waals surface area contributed by atoms with Crippen molar-refractivity contribution in [3.05, 3.63) is 59.9 Å². The van der Waals surface area contributed by atoms with Gasteiger partial charge in [-0.05, 0) is 29.8 Å². The van der Waals surface area contributed by atoms with E-state index in [1.807, 2.05) is 12.1 Å². The molecular formula is C17H19N3O3. The zero-order chi connectivity index (χ0) is 16.5. The standard InChI is InChI=1S/C17H19N3O3/c1-23-10-8-16(21)19-11-13-4-6-15(7-5-13)20-17(22)14-3-2-9-18-12-14/h2-7,9,12H,8,10-11H2,1H3,(H,19,21)(H,20,22). The number of carbonyl (C=O) groups excluding carboxylic acids is 2. The van der Waals surface area contributed by atoms with Crippen molar-refractivity contribution < 1.29 is 14.3 Å². The highest BCUT2D eigenvalue weighted by molar-refractivity contribution is 6.03. The minimum Gasteiger partial charge on any atom is -0.384 e. The minimum atomic E-state index is -0.210. The number of nitrogens with one attached hydrogen (secondary N) is 2. The van der Waals surface area contributed by atoms with Crippen molar-refractivity contribution in [2.24, 2.45) is 0 Å². The molecule has 6 heteroatoms. The molecule has 0 fully saturated rings. The molecule has 23 heavy (non-hydrogen) atoms. The third kappa shape index (κ3) is 5.52. The number of pyridine rings is 1. The van der Waals surface area contributed by atoms with Gasteiger partial charge in [0, 0.05) is 38.2 Å². The van der Waals surface area contributed by atoms with E-state index in [9.17, 15) is 9.59 Å². The van der Waals surface area contributed by atoms with Crippen LogP contribution in [0.25, 0.3) is 0 Å². The molecule has 2 N–H and O–H groups in total. The normalized spacial score (nSPS) is 10.1. The predicted octanol–water partition coefficient (Wildman–Crippen LogP) is 1.99. The van der Waals surface area contributed by atoms with Crippen LogP contribution >= 0.6 is 0 Å². The van der Waals surface area contributed by atoms with Crippen molar-refractivity contribution in [2.75, 3.05) is 19.0 Å². The average Bonchev–Trinajstić information content (AvgIpc) is 2.60. The van der Waals surface area contributed by atoms with Crippen LogP contribution in [-0.2, 0) is 16.1 Å². The number of nitrogens with zero attached hydrogens (tertiary/aromatic N) is 1. The molecule has 0 saturated carbocycles. The molecule has 2 aromatic rings. The van der Waals surface area contributed by atoms with Gasteiger partial charge < -0.3 is 15.4 Å². The molecular weight excluding hydrogens is 294 g/mol. The zero-order valence-corrected chi connectivity index (χ0v) is 12.9. The third-order valence-electron chi connectivity index (χ3n) is 3.16. The molecule has 120 valence electrons. The molecule has 0 atom stereocenters. The molecule has 0 bridgehead atoms. The summed E-state index contributed by atoms with van der Waals surface area (Å²) in [6.07, 6.45) is 3.47. The summed E-state index contributed by atoms with van der Waals surface area (Å²) in [5.74, 6) is -0.264. The van der Waals surface area contributed by atoms with Crippen LogP contribution in [-0.4, -0.2) is 30.5 Å². The number of hydrogen-bond acceptors (Lipinski definition) is 4. The van der Waals surface area contributed by atoms with Gasteiger partial charge in [-0.1, -0.05) is 12.1 Å². The zero-order valence-electron chi connectivity index (χ0n) is 12.9. The first-order valence-corrected chi connectivity index (χ1v) is 7.25. The predicted molar refractivity (Wildman–Crippen MR) is 87.0 cm³/mol. The molecule has 0 unspecified atom stereocenters. The van der Waals surface area contributed by atoms with E-state index in [2.05, 4.69) is 15.6 Å². The fourth-order valence-corrected chi connectivity index (χ4v) is 1.89. The van der Waals surface area contributed by atoms with Crippen LogP contribution in [0, 0.1) is 0 Å². The van der Waals surface area contributed by atoms with Gasteiger partial charge in [0.2, 0.25) is 5.91 Å². The number of carbonyl (C=O) groups is 2. The van der Waals surface area contributed by atoms with E-state index in [0.29, 0.717) is 30.8 Å². The maximum Gasteiger partial charge on any atom is 0.257 e. The maximum absolute atomic E-state index is 12.0. The van der Waals surface area contributed by atoms with E-state index < -0.39 is 0 Å². The number of benzene rings is 1. The first kappa shape index (κ1) is 16.6. The minimum absolute atomic E-state index is 0.0548. The average molecular weight is 313 g/mol. The van der Waals surface area contributed by atoms with Crippen molar-refractivity contribution in [2.45, 2.75) is 13.0 Å². The van der Waals surface area contributed by atoms with Crippen LogP contribution in [0.1, 0.15) is 22.3 Å².